The Morgan fingerprint density at radius 2 is 2.02 bits per heavy atom. The molecule has 4 saturated heterocycles. The zero-order valence-electron chi connectivity index (χ0n) is 27.8. The van der Waals surface area contributed by atoms with E-state index in [0.29, 0.717) is 65.1 Å². The monoisotopic (exact) mass is 676 g/mol. The molecule has 0 spiro atoms. The first-order valence-corrected chi connectivity index (χ1v) is 17.1. The van der Waals surface area contributed by atoms with Crippen molar-refractivity contribution in [2.45, 2.75) is 55.8 Å². The maximum atomic E-state index is 17.2. The van der Waals surface area contributed by atoms with Crippen molar-refractivity contribution in [3.63, 3.8) is 0 Å². The summed E-state index contributed by atoms with van der Waals surface area (Å²) in [5, 5.41) is 11.8. The van der Waals surface area contributed by atoms with Crippen molar-refractivity contribution in [1.29, 1.82) is 0 Å². The zero-order chi connectivity index (χ0) is 34.3. The lowest BCUT2D eigenvalue weighted by Gasteiger charge is -2.40. The van der Waals surface area contributed by atoms with Gasteiger partial charge in [0.1, 0.15) is 29.4 Å². The minimum Gasteiger partial charge on any atom is -0.468 e. The molecule has 1 saturated carbocycles. The Kier molecular flexibility index (Phi) is 7.16. The zero-order valence-corrected chi connectivity index (χ0v) is 27.8. The highest BCUT2D eigenvalue weighted by Gasteiger charge is 2.62. The summed E-state index contributed by atoms with van der Waals surface area (Å²) in [7, 11) is 1.53. The SMILES string of the molecule is C#Cc1cccc2cc(OCOC)cc(-c3ncc4c(N5C[C@H]6CC[C@@H](C5)N6C(=O)O)nc(OCC56CC(=C)CN5[C@@H]5C[C@@H]5C6)nc4c3F)c12. The molecule has 5 fully saturated rings. The molecule has 1 aliphatic carbocycles. The maximum absolute atomic E-state index is 17.2. The predicted octanol–water partition coefficient (Wildman–Crippen LogP) is 5.45. The standard InChI is InChI=1S/C38H37FN6O5/c1-4-22-6-5-7-23-10-27(50-20-48-3)12-28(31(22)23)33-32(39)34-29(15-40-33)35(43-17-25-8-9-26(18-43)45(25)37(46)47)42-36(41-34)49-19-38-13-21(2)16-44(38)30-11-24(30)14-38/h1,5-7,10,12,15,24-26,30H,2,8-9,11,13-14,16-20H2,3H3,(H,46,47)/t24-,25-,26+,30-,38?/m1/s1. The summed E-state index contributed by atoms with van der Waals surface area (Å²) >= 11 is 0. The first-order chi connectivity index (χ1) is 24.3. The fourth-order valence-corrected chi connectivity index (χ4v) is 9.22. The Labute approximate surface area is 288 Å². The van der Waals surface area contributed by atoms with Crippen molar-refractivity contribution < 1.29 is 28.5 Å². The second-order valence-corrected chi connectivity index (χ2v) is 14.4. The van der Waals surface area contributed by atoms with Gasteiger partial charge in [-0.15, -0.1) is 6.42 Å². The van der Waals surface area contributed by atoms with E-state index in [0.717, 1.165) is 37.6 Å². The number of nitrogens with zero attached hydrogens (tertiary/aromatic N) is 6. The topological polar surface area (TPSA) is 113 Å². The van der Waals surface area contributed by atoms with Crippen LogP contribution in [0.5, 0.6) is 11.8 Å². The number of halogens is 1. The van der Waals surface area contributed by atoms with Gasteiger partial charge >= 0.3 is 12.1 Å². The van der Waals surface area contributed by atoms with E-state index in [1.165, 1.54) is 19.1 Å². The molecular formula is C38H37FN6O5. The van der Waals surface area contributed by atoms with Crippen LogP contribution in [0.3, 0.4) is 0 Å². The lowest BCUT2D eigenvalue weighted by atomic mass is 9.92. The van der Waals surface area contributed by atoms with Crippen molar-refractivity contribution >= 4 is 33.6 Å². The lowest BCUT2D eigenvalue weighted by molar-refractivity contribution is 0.0512. The second kappa shape index (κ2) is 11.5. The van der Waals surface area contributed by atoms with Gasteiger partial charge in [0, 0.05) is 55.5 Å². The number of terminal acetylenes is 1. The van der Waals surface area contributed by atoms with Crippen LogP contribution in [0.2, 0.25) is 0 Å². The lowest BCUT2D eigenvalue weighted by Crippen LogP contribution is -2.55. The van der Waals surface area contributed by atoms with Crippen molar-refractivity contribution in [2.24, 2.45) is 5.92 Å². The molecule has 1 amide bonds. The molecule has 4 aliphatic heterocycles. The number of amides is 1. The minimum absolute atomic E-state index is 0.00950. The van der Waals surface area contributed by atoms with E-state index in [1.807, 2.05) is 29.2 Å². The average Bonchev–Trinajstić information content (AvgIpc) is 3.57. The third-order valence-electron chi connectivity index (χ3n) is 11.3. The van der Waals surface area contributed by atoms with Crippen LogP contribution in [0.25, 0.3) is 32.9 Å². The Morgan fingerprint density at radius 3 is 2.78 bits per heavy atom. The number of aromatic nitrogens is 3. The number of piperidine rings is 1. The molecule has 1 unspecified atom stereocenters. The van der Waals surface area contributed by atoms with E-state index in [2.05, 4.69) is 22.4 Å². The van der Waals surface area contributed by atoms with Gasteiger partial charge < -0.3 is 24.2 Å². The van der Waals surface area contributed by atoms with Gasteiger partial charge in [-0.05, 0) is 61.6 Å². The van der Waals surface area contributed by atoms with Crippen LogP contribution in [-0.2, 0) is 4.74 Å². The third kappa shape index (κ3) is 4.86. The van der Waals surface area contributed by atoms with Gasteiger partial charge in [0.05, 0.1) is 23.0 Å². The summed E-state index contributed by atoms with van der Waals surface area (Å²) in [6, 6.07) is 9.37. The number of benzene rings is 2. The molecule has 9 rings (SSSR count). The van der Waals surface area contributed by atoms with Crippen molar-refractivity contribution in [1.82, 2.24) is 24.8 Å². The van der Waals surface area contributed by atoms with Crippen molar-refractivity contribution in [2.75, 3.05) is 45.0 Å². The number of carbonyl (C=O) groups is 1. The first-order valence-electron chi connectivity index (χ1n) is 17.1. The fourth-order valence-electron chi connectivity index (χ4n) is 9.22. The highest BCUT2D eigenvalue weighted by molar-refractivity contribution is 6.03. The molecule has 256 valence electrons. The molecular weight excluding hydrogens is 639 g/mol. The van der Waals surface area contributed by atoms with Crippen LogP contribution < -0.4 is 14.4 Å². The number of hydrogen-bond acceptors (Lipinski definition) is 9. The average molecular weight is 677 g/mol. The summed E-state index contributed by atoms with van der Waals surface area (Å²) < 4.78 is 34.6. The molecule has 11 nitrogen and oxygen atoms in total. The number of anilines is 1. The van der Waals surface area contributed by atoms with Crippen LogP contribution >= 0.6 is 0 Å². The van der Waals surface area contributed by atoms with Gasteiger partial charge in [0.2, 0.25) is 0 Å². The van der Waals surface area contributed by atoms with Gasteiger partial charge in [0.15, 0.2) is 12.6 Å². The van der Waals surface area contributed by atoms with Crippen LogP contribution in [0.1, 0.15) is 37.7 Å². The third-order valence-corrected chi connectivity index (χ3v) is 11.3. The maximum Gasteiger partial charge on any atom is 0.407 e. The van der Waals surface area contributed by atoms with Crippen molar-refractivity contribution in [3.8, 4) is 35.4 Å². The largest absolute Gasteiger partial charge is 0.468 e. The molecule has 4 aromatic rings. The number of ether oxygens (including phenoxy) is 3. The fraction of sp³-hybridized carbons (Fsp3) is 0.421. The molecule has 2 aromatic heterocycles. The number of rotatable bonds is 8. The molecule has 12 heteroatoms. The Balaban J connectivity index is 1.17. The molecule has 5 atom stereocenters. The van der Waals surface area contributed by atoms with Crippen LogP contribution in [0.15, 0.2) is 48.7 Å². The molecule has 2 aromatic carbocycles. The molecule has 2 bridgehead atoms. The summed E-state index contributed by atoms with van der Waals surface area (Å²) in [4.78, 5) is 32.5. The van der Waals surface area contributed by atoms with Crippen LogP contribution in [0, 0.1) is 24.1 Å². The van der Waals surface area contributed by atoms with Gasteiger partial charge in [-0.25, -0.2) is 9.18 Å². The highest BCUT2D eigenvalue weighted by atomic mass is 19.1. The van der Waals surface area contributed by atoms with E-state index in [-0.39, 0.29) is 41.6 Å². The summed E-state index contributed by atoms with van der Waals surface area (Å²) in [5.74, 6) is 3.72. The number of pyridine rings is 1. The number of methoxy groups -OCH3 is 1. The summed E-state index contributed by atoms with van der Waals surface area (Å²) in [6.07, 6.45) is 11.2. The predicted molar refractivity (Wildman–Crippen MR) is 185 cm³/mol. The Morgan fingerprint density at radius 1 is 1.20 bits per heavy atom. The van der Waals surface area contributed by atoms with E-state index in [1.54, 1.807) is 17.2 Å². The number of fused-ring (bicyclic) bond motifs is 7. The Bertz CT molecular complexity index is 2120. The van der Waals surface area contributed by atoms with E-state index < -0.39 is 11.9 Å². The molecule has 6 heterocycles. The number of piperazine rings is 1. The highest BCUT2D eigenvalue weighted by Crippen LogP contribution is 2.57. The van der Waals surface area contributed by atoms with Crippen LogP contribution in [-0.4, -0.2) is 99.8 Å². The van der Waals surface area contributed by atoms with Gasteiger partial charge in [-0.2, -0.15) is 9.97 Å². The van der Waals surface area contributed by atoms with Gasteiger partial charge in [-0.3, -0.25) is 14.8 Å². The molecule has 50 heavy (non-hydrogen) atoms. The second-order valence-electron chi connectivity index (χ2n) is 14.4. The van der Waals surface area contributed by atoms with Crippen molar-refractivity contribution in [3.05, 3.63) is 60.1 Å². The molecule has 5 aliphatic rings. The number of hydrogen-bond donors (Lipinski definition) is 1. The van der Waals surface area contributed by atoms with E-state index in [9.17, 15) is 9.90 Å². The Hall–Kier alpha value is -4.99. The summed E-state index contributed by atoms with van der Waals surface area (Å²) in [5.41, 5.74) is 2.21. The van der Waals surface area contributed by atoms with Crippen LogP contribution in [0.4, 0.5) is 15.0 Å². The summed E-state index contributed by atoms with van der Waals surface area (Å²) in [6.45, 7) is 6.39. The number of carboxylic acid groups (broad SMARTS) is 1. The normalized spacial score (nSPS) is 26.7. The van der Waals surface area contributed by atoms with Gasteiger partial charge in [-0.1, -0.05) is 30.2 Å². The molecule has 1 N–H and O–H groups in total. The van der Waals surface area contributed by atoms with Gasteiger partial charge in [0.25, 0.3) is 0 Å². The minimum atomic E-state index is -0.919. The van der Waals surface area contributed by atoms with E-state index >= 15 is 4.39 Å². The quantitative estimate of drug-likeness (QED) is 0.147. The van der Waals surface area contributed by atoms with E-state index in [4.69, 9.17) is 30.6 Å². The molecule has 0 radical (unpaired) electrons. The first kappa shape index (κ1) is 31.0. The smallest absolute Gasteiger partial charge is 0.407 e.